The third kappa shape index (κ3) is 3.95. The molecule has 16 heavy (non-hydrogen) atoms. The Morgan fingerprint density at radius 2 is 1.75 bits per heavy atom. The van der Waals surface area contributed by atoms with E-state index in [1.165, 1.54) is 32.1 Å². The van der Waals surface area contributed by atoms with Crippen molar-refractivity contribution in [2.24, 2.45) is 16.5 Å². The lowest BCUT2D eigenvalue weighted by atomic mass is 9.86. The molecule has 0 aromatic heterocycles. The molecule has 0 radical (unpaired) electrons. The largest absolute Gasteiger partial charge is 0.340 e. The zero-order chi connectivity index (χ0) is 12.2. The van der Waals surface area contributed by atoms with Gasteiger partial charge in [-0.25, -0.2) is 4.79 Å². The van der Waals surface area contributed by atoms with Gasteiger partial charge in [0.05, 0.1) is 11.1 Å². The number of carbonyl (C=O) groups excluding carboxylic acids is 1. The number of rotatable bonds is 2. The van der Waals surface area contributed by atoms with Crippen LogP contribution in [0.4, 0.5) is 0 Å². The van der Waals surface area contributed by atoms with Crippen LogP contribution in [0.15, 0.2) is 5.16 Å². The summed E-state index contributed by atoms with van der Waals surface area (Å²) in [5, 5.41) is 3.98. The van der Waals surface area contributed by atoms with Crippen LogP contribution < -0.4 is 0 Å². The van der Waals surface area contributed by atoms with Gasteiger partial charge in [0.15, 0.2) is 0 Å². The first-order valence-corrected chi connectivity index (χ1v) is 6.17. The molecular formula is C13H23NO2. The Balaban J connectivity index is 2.47. The zero-order valence-corrected chi connectivity index (χ0v) is 10.9. The maximum atomic E-state index is 11.5. The number of oxime groups is 1. The van der Waals surface area contributed by atoms with Crippen LogP contribution in [0, 0.1) is 11.3 Å². The van der Waals surface area contributed by atoms with Crippen molar-refractivity contribution in [3.63, 3.8) is 0 Å². The molecule has 3 nitrogen and oxygen atoms in total. The molecule has 0 aliphatic heterocycles. The molecule has 1 aliphatic carbocycles. The predicted molar refractivity (Wildman–Crippen MR) is 65.2 cm³/mol. The lowest BCUT2D eigenvalue weighted by Crippen LogP contribution is -2.22. The summed E-state index contributed by atoms with van der Waals surface area (Å²) in [6.45, 7) is 7.47. The van der Waals surface area contributed by atoms with E-state index in [1.807, 2.05) is 27.7 Å². The van der Waals surface area contributed by atoms with Crippen LogP contribution in [0.3, 0.4) is 0 Å². The molecule has 0 aromatic carbocycles. The summed E-state index contributed by atoms with van der Waals surface area (Å²) in [5.41, 5.74) is 0.494. The molecule has 1 aliphatic rings. The third-order valence-electron chi connectivity index (χ3n) is 3.08. The molecule has 0 amide bonds. The van der Waals surface area contributed by atoms with Gasteiger partial charge in [-0.3, -0.25) is 0 Å². The molecule has 0 spiro atoms. The molecular weight excluding hydrogens is 202 g/mol. The minimum absolute atomic E-state index is 0.261. The summed E-state index contributed by atoms with van der Waals surface area (Å²) in [6.07, 6.45) is 6.23. The number of nitrogens with zero attached hydrogens (tertiary/aromatic N) is 1. The average molecular weight is 225 g/mol. The van der Waals surface area contributed by atoms with Crippen molar-refractivity contribution in [2.75, 3.05) is 0 Å². The highest BCUT2D eigenvalue weighted by Gasteiger charge is 2.24. The first-order chi connectivity index (χ1) is 7.41. The van der Waals surface area contributed by atoms with Crippen LogP contribution >= 0.6 is 0 Å². The molecule has 0 aromatic rings. The van der Waals surface area contributed by atoms with Gasteiger partial charge in [0, 0.05) is 5.92 Å². The molecule has 0 saturated heterocycles. The van der Waals surface area contributed by atoms with E-state index in [0.717, 1.165) is 5.71 Å². The van der Waals surface area contributed by atoms with Crippen molar-refractivity contribution in [1.29, 1.82) is 0 Å². The fraction of sp³-hybridized carbons (Fsp3) is 0.846. The molecule has 0 atom stereocenters. The normalized spacial score (nSPS) is 19.6. The summed E-state index contributed by atoms with van der Waals surface area (Å²) in [6, 6.07) is 0. The molecule has 0 heterocycles. The minimum atomic E-state index is -0.476. The van der Waals surface area contributed by atoms with E-state index in [-0.39, 0.29) is 5.97 Å². The predicted octanol–water partition coefficient (Wildman–Crippen LogP) is 3.53. The monoisotopic (exact) mass is 225 g/mol. The zero-order valence-electron chi connectivity index (χ0n) is 10.9. The summed E-state index contributed by atoms with van der Waals surface area (Å²) in [5.74, 6) is 0.254. The standard InChI is InChI=1S/C13H23NO2/c1-10(11-8-6-5-7-9-11)14-16-12(15)13(2,3)4/h11H,5-9H2,1-4H3/b14-10+. The first-order valence-electron chi connectivity index (χ1n) is 6.17. The van der Waals surface area contributed by atoms with Crippen molar-refractivity contribution in [2.45, 2.75) is 59.8 Å². The van der Waals surface area contributed by atoms with E-state index in [4.69, 9.17) is 4.84 Å². The summed E-state index contributed by atoms with van der Waals surface area (Å²) in [7, 11) is 0. The summed E-state index contributed by atoms with van der Waals surface area (Å²) in [4.78, 5) is 16.5. The van der Waals surface area contributed by atoms with Gasteiger partial charge in [-0.15, -0.1) is 0 Å². The van der Waals surface area contributed by atoms with E-state index in [0.29, 0.717) is 5.92 Å². The Labute approximate surface area is 98.2 Å². The lowest BCUT2D eigenvalue weighted by Gasteiger charge is -2.21. The van der Waals surface area contributed by atoms with Gasteiger partial charge in [-0.2, -0.15) is 0 Å². The van der Waals surface area contributed by atoms with Crippen LogP contribution in [-0.4, -0.2) is 11.7 Å². The lowest BCUT2D eigenvalue weighted by molar-refractivity contribution is -0.153. The molecule has 1 fully saturated rings. The summed E-state index contributed by atoms with van der Waals surface area (Å²) < 4.78 is 0. The second-order valence-electron chi connectivity index (χ2n) is 5.70. The maximum Gasteiger partial charge on any atom is 0.340 e. The molecule has 92 valence electrons. The van der Waals surface area contributed by atoms with E-state index in [9.17, 15) is 4.79 Å². The number of hydrogen-bond acceptors (Lipinski definition) is 3. The van der Waals surface area contributed by atoms with Gasteiger partial charge in [0.1, 0.15) is 0 Å². The topological polar surface area (TPSA) is 38.7 Å². The third-order valence-corrected chi connectivity index (χ3v) is 3.08. The highest BCUT2D eigenvalue weighted by molar-refractivity contribution is 5.85. The van der Waals surface area contributed by atoms with Gasteiger partial charge in [0.2, 0.25) is 0 Å². The Morgan fingerprint density at radius 1 is 1.19 bits per heavy atom. The molecule has 1 saturated carbocycles. The molecule has 1 rings (SSSR count). The smallest absolute Gasteiger partial charge is 0.318 e. The quantitative estimate of drug-likeness (QED) is 0.409. The van der Waals surface area contributed by atoms with Crippen molar-refractivity contribution >= 4 is 11.7 Å². The Bertz CT molecular complexity index is 270. The second-order valence-corrected chi connectivity index (χ2v) is 5.70. The van der Waals surface area contributed by atoms with Gasteiger partial charge in [0.25, 0.3) is 0 Å². The summed E-state index contributed by atoms with van der Waals surface area (Å²) >= 11 is 0. The minimum Gasteiger partial charge on any atom is -0.318 e. The Kier molecular flexibility index (Phi) is 4.51. The van der Waals surface area contributed by atoms with Crippen molar-refractivity contribution < 1.29 is 9.63 Å². The maximum absolute atomic E-state index is 11.5. The first kappa shape index (κ1) is 13.2. The molecule has 0 bridgehead atoms. The number of carbonyl (C=O) groups is 1. The fourth-order valence-corrected chi connectivity index (χ4v) is 1.85. The Hall–Kier alpha value is -0.860. The van der Waals surface area contributed by atoms with E-state index < -0.39 is 5.41 Å². The van der Waals surface area contributed by atoms with E-state index >= 15 is 0 Å². The number of hydrogen-bond donors (Lipinski definition) is 0. The van der Waals surface area contributed by atoms with Crippen molar-refractivity contribution in [3.8, 4) is 0 Å². The van der Waals surface area contributed by atoms with Crippen LogP contribution in [0.2, 0.25) is 0 Å². The van der Waals surface area contributed by atoms with Crippen LogP contribution in [0.1, 0.15) is 59.8 Å². The van der Waals surface area contributed by atoms with E-state index in [1.54, 1.807) is 0 Å². The highest BCUT2D eigenvalue weighted by Crippen LogP contribution is 2.25. The fourth-order valence-electron chi connectivity index (χ4n) is 1.85. The molecule has 0 unspecified atom stereocenters. The van der Waals surface area contributed by atoms with E-state index in [2.05, 4.69) is 5.16 Å². The highest BCUT2D eigenvalue weighted by atomic mass is 16.7. The average Bonchev–Trinajstić information content (AvgIpc) is 2.25. The van der Waals surface area contributed by atoms with Gasteiger partial charge >= 0.3 is 5.97 Å². The van der Waals surface area contributed by atoms with Crippen LogP contribution in [0.5, 0.6) is 0 Å². The second kappa shape index (κ2) is 5.46. The van der Waals surface area contributed by atoms with Crippen molar-refractivity contribution in [3.05, 3.63) is 0 Å². The Morgan fingerprint density at radius 3 is 2.25 bits per heavy atom. The van der Waals surface area contributed by atoms with Gasteiger partial charge < -0.3 is 4.84 Å². The van der Waals surface area contributed by atoms with Gasteiger partial charge in [-0.1, -0.05) is 24.4 Å². The molecule has 3 heteroatoms. The SMILES string of the molecule is C/C(=N\OC(=O)C(C)(C)C)C1CCCCC1. The van der Waals surface area contributed by atoms with Crippen LogP contribution in [0.25, 0.3) is 0 Å². The molecule has 0 N–H and O–H groups in total. The van der Waals surface area contributed by atoms with Crippen LogP contribution in [-0.2, 0) is 9.63 Å². The van der Waals surface area contributed by atoms with Gasteiger partial charge in [-0.05, 0) is 40.5 Å². The van der Waals surface area contributed by atoms with Crippen molar-refractivity contribution in [1.82, 2.24) is 0 Å².